The molecule has 1 saturated heterocycles. The Labute approximate surface area is 180 Å². The number of ether oxygens (including phenoxy) is 1. The van der Waals surface area contributed by atoms with Crippen LogP contribution >= 0.6 is 0 Å². The quantitative estimate of drug-likeness (QED) is 0.624. The van der Waals surface area contributed by atoms with Crippen molar-refractivity contribution in [2.75, 3.05) is 31.6 Å². The van der Waals surface area contributed by atoms with Crippen molar-refractivity contribution in [2.45, 2.75) is 6.54 Å². The first kappa shape index (κ1) is 21.3. The molecule has 1 N–H and O–H groups in total. The highest BCUT2D eigenvalue weighted by Crippen LogP contribution is 2.16. The zero-order valence-corrected chi connectivity index (χ0v) is 16.7. The fourth-order valence-corrected chi connectivity index (χ4v) is 3.17. The number of rotatable bonds is 5. The molecule has 1 aliphatic heterocycles. The number of aromatic nitrogens is 4. The van der Waals surface area contributed by atoms with Crippen molar-refractivity contribution >= 4 is 17.5 Å². The number of hydrogen-bond acceptors (Lipinski definition) is 6. The Kier molecular flexibility index (Phi) is 6.03. The Morgan fingerprint density at radius 1 is 1.00 bits per heavy atom. The van der Waals surface area contributed by atoms with E-state index in [1.54, 1.807) is 4.90 Å². The highest BCUT2D eigenvalue weighted by molar-refractivity contribution is 6.04. The monoisotopic (exact) mass is 444 g/mol. The van der Waals surface area contributed by atoms with Crippen LogP contribution in [0.1, 0.15) is 10.4 Å². The van der Waals surface area contributed by atoms with Crippen LogP contribution in [0.2, 0.25) is 0 Å². The summed E-state index contributed by atoms with van der Waals surface area (Å²) in [5, 5.41) is 9.92. The van der Waals surface area contributed by atoms with E-state index >= 15 is 0 Å². The average Bonchev–Trinajstić information content (AvgIpc) is 3.15. The third kappa shape index (κ3) is 4.39. The van der Waals surface area contributed by atoms with Crippen molar-refractivity contribution in [2.24, 2.45) is 0 Å². The highest BCUT2D eigenvalue weighted by atomic mass is 19.1. The van der Waals surface area contributed by atoms with E-state index in [1.165, 1.54) is 24.3 Å². The van der Waals surface area contributed by atoms with Crippen LogP contribution in [0.25, 0.3) is 5.69 Å². The molecule has 0 spiro atoms. The lowest BCUT2D eigenvalue weighted by Crippen LogP contribution is -2.43. The number of halogens is 2. The molecule has 12 heteroatoms. The van der Waals surface area contributed by atoms with E-state index in [-0.39, 0.29) is 18.1 Å². The number of hydrogen-bond donors (Lipinski definition) is 1. The van der Waals surface area contributed by atoms with Gasteiger partial charge in [0.1, 0.15) is 23.7 Å². The van der Waals surface area contributed by atoms with Gasteiger partial charge in [0.15, 0.2) is 0 Å². The third-order valence-corrected chi connectivity index (χ3v) is 4.85. The fourth-order valence-electron chi connectivity index (χ4n) is 3.17. The SMILES string of the molecule is O=C(Nc1ccc(-n2nnn(CC(=O)N3CCOCC3)c2=O)cc1)c1c(F)cccc1F. The maximum Gasteiger partial charge on any atom is 0.368 e. The minimum atomic E-state index is -0.978. The first-order valence-electron chi connectivity index (χ1n) is 9.68. The second-order valence-electron chi connectivity index (χ2n) is 6.92. The van der Waals surface area contributed by atoms with Gasteiger partial charge in [0.05, 0.1) is 18.9 Å². The van der Waals surface area contributed by atoms with E-state index < -0.39 is 28.8 Å². The topological polar surface area (TPSA) is 111 Å². The van der Waals surface area contributed by atoms with Crippen LogP contribution in [0.5, 0.6) is 0 Å². The van der Waals surface area contributed by atoms with E-state index in [2.05, 4.69) is 15.7 Å². The van der Waals surface area contributed by atoms with Crippen molar-refractivity contribution in [3.8, 4) is 5.69 Å². The van der Waals surface area contributed by atoms with E-state index in [0.717, 1.165) is 27.6 Å². The van der Waals surface area contributed by atoms with E-state index in [4.69, 9.17) is 4.74 Å². The van der Waals surface area contributed by atoms with Crippen molar-refractivity contribution < 1.29 is 23.1 Å². The third-order valence-electron chi connectivity index (χ3n) is 4.85. The molecule has 3 aromatic rings. The Hall–Kier alpha value is -3.93. The number of nitrogens with one attached hydrogen (secondary N) is 1. The van der Waals surface area contributed by atoms with Crippen LogP contribution in [0.3, 0.4) is 0 Å². The van der Waals surface area contributed by atoms with Gasteiger partial charge in [-0.3, -0.25) is 9.59 Å². The minimum absolute atomic E-state index is 0.249. The molecule has 0 radical (unpaired) electrons. The summed E-state index contributed by atoms with van der Waals surface area (Å²) in [6.07, 6.45) is 0. The van der Waals surface area contributed by atoms with Crippen molar-refractivity contribution in [3.63, 3.8) is 0 Å². The fraction of sp³-hybridized carbons (Fsp3) is 0.250. The van der Waals surface area contributed by atoms with Gasteiger partial charge in [-0.15, -0.1) is 0 Å². The van der Waals surface area contributed by atoms with Crippen LogP contribution in [-0.2, 0) is 16.1 Å². The number of carbonyl (C=O) groups excluding carboxylic acids is 2. The number of anilines is 1. The number of carbonyl (C=O) groups is 2. The first-order valence-corrected chi connectivity index (χ1v) is 9.68. The van der Waals surface area contributed by atoms with Crippen molar-refractivity contribution in [1.82, 2.24) is 24.7 Å². The molecular formula is C20H18F2N6O4. The molecule has 0 aliphatic carbocycles. The van der Waals surface area contributed by atoms with Crippen LogP contribution < -0.4 is 11.0 Å². The summed E-state index contributed by atoms with van der Waals surface area (Å²) in [4.78, 5) is 38.7. The molecule has 166 valence electrons. The predicted octanol–water partition coefficient (Wildman–Crippen LogP) is 0.818. The van der Waals surface area contributed by atoms with Crippen molar-refractivity contribution in [3.05, 3.63) is 70.1 Å². The van der Waals surface area contributed by atoms with Gasteiger partial charge >= 0.3 is 5.69 Å². The van der Waals surface area contributed by atoms with Gasteiger partial charge in [0.2, 0.25) is 5.91 Å². The molecule has 1 fully saturated rings. The summed E-state index contributed by atoms with van der Waals surface area (Å²) in [5.41, 5.74) is -0.725. The molecule has 32 heavy (non-hydrogen) atoms. The Morgan fingerprint density at radius 2 is 1.66 bits per heavy atom. The molecular weight excluding hydrogens is 426 g/mol. The zero-order chi connectivity index (χ0) is 22.7. The maximum atomic E-state index is 13.8. The predicted molar refractivity (Wildman–Crippen MR) is 107 cm³/mol. The first-order chi connectivity index (χ1) is 15.4. The van der Waals surface area contributed by atoms with Crippen LogP contribution in [-0.4, -0.2) is 62.8 Å². The lowest BCUT2D eigenvalue weighted by atomic mass is 10.1. The summed E-state index contributed by atoms with van der Waals surface area (Å²) in [5.74, 6) is -3.17. The molecule has 10 nitrogen and oxygen atoms in total. The van der Waals surface area contributed by atoms with E-state index in [9.17, 15) is 23.2 Å². The minimum Gasteiger partial charge on any atom is -0.378 e. The summed E-state index contributed by atoms with van der Waals surface area (Å²) in [7, 11) is 0. The molecule has 0 unspecified atom stereocenters. The number of morpholine rings is 1. The molecule has 0 bridgehead atoms. The number of tetrazole rings is 1. The molecule has 0 saturated carbocycles. The van der Waals surface area contributed by atoms with Gasteiger partial charge in [0, 0.05) is 18.8 Å². The normalized spacial score (nSPS) is 13.8. The average molecular weight is 444 g/mol. The maximum absolute atomic E-state index is 13.8. The number of nitrogens with zero attached hydrogens (tertiary/aromatic N) is 5. The molecule has 0 atom stereocenters. The number of benzene rings is 2. The standard InChI is InChI=1S/C20H18F2N6O4/c21-15-2-1-3-16(22)18(15)19(30)23-13-4-6-14(7-5-13)28-20(31)27(24-25-28)12-17(29)26-8-10-32-11-9-26/h1-7H,8-12H2,(H,23,30). The lowest BCUT2D eigenvalue weighted by molar-refractivity contribution is -0.136. The van der Waals surface area contributed by atoms with Crippen LogP contribution in [0.4, 0.5) is 14.5 Å². The summed E-state index contributed by atoms with van der Waals surface area (Å²) in [6, 6.07) is 8.96. The molecule has 1 aromatic heterocycles. The smallest absolute Gasteiger partial charge is 0.368 e. The Morgan fingerprint density at radius 3 is 2.31 bits per heavy atom. The molecule has 4 rings (SSSR count). The van der Waals surface area contributed by atoms with Gasteiger partial charge in [-0.25, -0.2) is 13.6 Å². The summed E-state index contributed by atoms with van der Waals surface area (Å²) in [6.45, 7) is 1.54. The largest absolute Gasteiger partial charge is 0.378 e. The summed E-state index contributed by atoms with van der Waals surface area (Å²) >= 11 is 0. The Balaban J connectivity index is 1.46. The second-order valence-corrected chi connectivity index (χ2v) is 6.92. The highest BCUT2D eigenvalue weighted by Gasteiger charge is 2.20. The second kappa shape index (κ2) is 9.06. The van der Waals surface area contributed by atoms with Gasteiger partial charge in [0.25, 0.3) is 5.91 Å². The molecule has 2 aromatic carbocycles. The molecule has 1 aliphatic rings. The van der Waals surface area contributed by atoms with E-state index in [0.29, 0.717) is 32.0 Å². The lowest BCUT2D eigenvalue weighted by Gasteiger charge is -2.26. The van der Waals surface area contributed by atoms with Gasteiger partial charge < -0.3 is 15.0 Å². The summed E-state index contributed by atoms with van der Waals surface area (Å²) < 4.78 is 34.7. The van der Waals surface area contributed by atoms with Gasteiger partial charge in [-0.1, -0.05) is 6.07 Å². The van der Waals surface area contributed by atoms with Gasteiger partial charge in [-0.2, -0.15) is 9.36 Å². The Bertz CT molecular complexity index is 1180. The van der Waals surface area contributed by atoms with Crippen LogP contribution in [0.15, 0.2) is 47.3 Å². The molecule has 2 amide bonds. The van der Waals surface area contributed by atoms with E-state index in [1.807, 2.05) is 0 Å². The zero-order valence-electron chi connectivity index (χ0n) is 16.7. The molecule has 2 heterocycles. The van der Waals surface area contributed by atoms with Crippen LogP contribution in [0, 0.1) is 11.6 Å². The van der Waals surface area contributed by atoms with Gasteiger partial charge in [-0.05, 0) is 46.8 Å². The van der Waals surface area contributed by atoms with Crippen molar-refractivity contribution in [1.29, 1.82) is 0 Å². The number of amides is 2.